The minimum atomic E-state index is -3.95. The topological polar surface area (TPSA) is 413 Å². The number of rotatable bonds is 12. The van der Waals surface area contributed by atoms with E-state index in [1.165, 1.54) is 24.0 Å². The van der Waals surface area contributed by atoms with Crippen molar-refractivity contribution in [2.45, 2.75) is 239 Å². The van der Waals surface area contributed by atoms with Gasteiger partial charge in [-0.3, -0.25) is 33.4 Å². The van der Waals surface area contributed by atoms with Crippen LogP contribution >= 0.6 is 12.4 Å². The summed E-state index contributed by atoms with van der Waals surface area (Å²) in [6.07, 6.45) is 7.80. The molecule has 14 atom stereocenters. The number of nitrogens with zero attached hydrogens (tertiary/aromatic N) is 6. The number of carboxylic acids is 1. The van der Waals surface area contributed by atoms with Crippen molar-refractivity contribution < 1.29 is 106 Å². The van der Waals surface area contributed by atoms with Crippen molar-refractivity contribution in [3.05, 3.63) is 110 Å². The molecule has 116 heavy (non-hydrogen) atoms. The van der Waals surface area contributed by atoms with Crippen LogP contribution in [0, 0.1) is 28.1 Å². The number of hydrogen-bond acceptors (Lipinski definition) is 23. The van der Waals surface area contributed by atoms with Crippen LogP contribution in [0.2, 0.25) is 0 Å². The van der Waals surface area contributed by atoms with Crippen molar-refractivity contribution >= 4 is 102 Å². The summed E-state index contributed by atoms with van der Waals surface area (Å²) in [7, 11) is -7.42. The van der Waals surface area contributed by atoms with Crippen LogP contribution in [0.15, 0.2) is 98.1 Å². The first-order chi connectivity index (χ1) is 53.8. The molecule has 0 radical (unpaired) electrons. The maximum Gasteiger partial charge on any atom is 0.408 e. The number of nitrogens with one attached hydrogen (secondary N) is 4. The van der Waals surface area contributed by atoms with Crippen molar-refractivity contribution in [2.24, 2.45) is 33.8 Å². The Balaban J connectivity index is 0.000000196. The molecule has 2 aromatic heterocycles. The molecule has 6 amide bonds. The van der Waals surface area contributed by atoms with Crippen molar-refractivity contribution in [1.82, 2.24) is 49.8 Å². The fourth-order valence-electron chi connectivity index (χ4n) is 15.6. The molecule has 2 aromatic carbocycles. The highest BCUT2D eigenvalue weighted by Crippen LogP contribution is 2.57. The number of ketones is 1. The number of carbonyl (C=O) groups excluding carboxylic acids is 7. The number of fused-ring (bicyclic) bond motifs is 10. The first kappa shape index (κ1) is 87.9. The van der Waals surface area contributed by atoms with E-state index in [1.54, 1.807) is 103 Å². The second-order valence-electron chi connectivity index (χ2n) is 34.3. The van der Waals surface area contributed by atoms with Crippen molar-refractivity contribution in [2.75, 3.05) is 26.3 Å². The number of nitrogens with two attached hydrogens (primary N) is 1. The molecule has 2 saturated heterocycles. The number of alkyl carbamates (subject to hydrolysis) is 2. The number of alkyl halides is 4. The van der Waals surface area contributed by atoms with Gasteiger partial charge in [-0.1, -0.05) is 90.1 Å². The third-order valence-electron chi connectivity index (χ3n) is 22.7. The quantitative estimate of drug-likeness (QED) is 0.0569. The predicted octanol–water partition coefficient (Wildman–Crippen LogP) is 8.98. The van der Waals surface area contributed by atoms with E-state index in [2.05, 4.69) is 48.4 Å². The molecular formula is C79H100ClF4N11O19S2. The summed E-state index contributed by atoms with van der Waals surface area (Å²) in [5.74, 6) is -13.6. The molecule has 10 aliphatic rings. The zero-order valence-corrected chi connectivity index (χ0v) is 68.1. The highest BCUT2D eigenvalue weighted by atomic mass is 35.5. The number of para-hydroxylation sites is 4. The Hall–Kier alpha value is -8.97. The molecule has 0 spiro atoms. The maximum absolute atomic E-state index is 16.2. The van der Waals surface area contributed by atoms with Crippen molar-refractivity contribution in [3.8, 4) is 11.8 Å². The van der Waals surface area contributed by atoms with Crippen LogP contribution in [-0.2, 0) is 79.6 Å². The van der Waals surface area contributed by atoms with Crippen LogP contribution < -0.4 is 35.3 Å². The first-order valence-electron chi connectivity index (χ1n) is 38.6. The van der Waals surface area contributed by atoms with E-state index in [4.69, 9.17) is 34.2 Å². The second-order valence-corrected chi connectivity index (χ2v) is 38.2. The minimum Gasteiger partial charge on any atom is -0.480 e. The Morgan fingerprint density at radius 3 is 1.35 bits per heavy atom. The van der Waals surface area contributed by atoms with Gasteiger partial charge in [-0.15, -0.1) is 25.6 Å². The molecule has 4 aliphatic heterocycles. The summed E-state index contributed by atoms with van der Waals surface area (Å²) in [5, 5.41) is 14.4. The van der Waals surface area contributed by atoms with Crippen molar-refractivity contribution in [3.63, 3.8) is 0 Å². The van der Waals surface area contributed by atoms with Crippen LogP contribution in [0.25, 0.3) is 22.1 Å². The Morgan fingerprint density at radius 2 is 0.974 bits per heavy atom. The van der Waals surface area contributed by atoms with E-state index in [9.17, 15) is 60.3 Å². The van der Waals surface area contributed by atoms with E-state index in [0.29, 0.717) is 88.3 Å². The molecule has 37 heteroatoms. The van der Waals surface area contributed by atoms with Gasteiger partial charge in [-0.2, -0.15) is 17.6 Å². The molecule has 632 valence electrons. The van der Waals surface area contributed by atoms with Gasteiger partial charge in [0, 0.05) is 25.2 Å². The molecule has 14 rings (SSSR count). The number of hydrogen-bond donors (Lipinski definition) is 6. The van der Waals surface area contributed by atoms with Gasteiger partial charge in [-0.05, 0) is 144 Å². The van der Waals surface area contributed by atoms with Crippen LogP contribution in [0.1, 0.15) is 163 Å². The number of allylic oxidation sites excluding steroid dienone is 3. The Bertz CT molecular complexity index is 4830. The second kappa shape index (κ2) is 33.1. The number of Topliss-reactive ketones (excluding diaryl/α,β-unsaturated/α-hetero) is 1. The average Bonchev–Trinajstić information content (AvgIpc) is 1.71. The van der Waals surface area contributed by atoms with Gasteiger partial charge < -0.3 is 59.7 Å². The van der Waals surface area contributed by atoms with E-state index >= 15 is 17.6 Å². The molecule has 6 saturated carbocycles. The number of carboxylic acid groups (broad SMARTS) is 1. The molecule has 4 aromatic rings. The molecular weight excluding hydrogens is 1580 g/mol. The van der Waals surface area contributed by atoms with Gasteiger partial charge in [0.2, 0.25) is 49.5 Å². The van der Waals surface area contributed by atoms with Crippen LogP contribution in [0.4, 0.5) is 27.2 Å². The Kier molecular flexibility index (Phi) is 25.1. The number of benzene rings is 2. The lowest BCUT2D eigenvalue weighted by molar-refractivity contribution is -0.150. The summed E-state index contributed by atoms with van der Waals surface area (Å²) in [6.45, 7) is 19.9. The van der Waals surface area contributed by atoms with Gasteiger partial charge in [0.15, 0.2) is 17.2 Å². The lowest BCUT2D eigenvalue weighted by Crippen LogP contribution is -2.57. The van der Waals surface area contributed by atoms with Gasteiger partial charge >= 0.3 is 30.0 Å². The normalized spacial score (nSPS) is 31.8. The van der Waals surface area contributed by atoms with E-state index < -0.39 is 207 Å². The van der Waals surface area contributed by atoms with E-state index in [0.717, 1.165) is 11.0 Å². The Labute approximate surface area is 675 Å². The fourth-order valence-corrected chi connectivity index (χ4v) is 18.4. The number of amides is 6. The van der Waals surface area contributed by atoms with Crippen LogP contribution in [0.3, 0.4) is 0 Å². The molecule has 4 bridgehead atoms. The SMILES string of the molecule is C=C[C@@H]1C[C@]1(CC(=O)[C@@H]1C[C@]2(C)CN1C(=O)[C@H](C(C)(C)C)NC(=O)O[C@@H]1CCC[C@H]1OC/C=C/C(F)(F)c1nc3ccccc3nc1O2)C(=O)NS(=O)(=O)C1CC1.C=C[C@@H]1C[C@]1(N)C(=O)NS(=O)(=O)C1CC1.CC(C)(C)[C@@H]1NC(=O)O[C@@H]2CCC[C@H]2OC/C=C/C(F)(F)c2nc3ccccc3nc2O[C@]2(C)C[C@@H](C(=O)O)N(C2)C1=O.Cl. The van der Waals surface area contributed by atoms with Crippen LogP contribution in [-0.4, -0.2) is 201 Å². The lowest BCUT2D eigenvalue weighted by atomic mass is 9.85. The molecule has 6 aliphatic carbocycles. The minimum absolute atomic E-state index is 0. The number of carbonyl (C=O) groups is 8. The number of aliphatic carboxylic acids is 1. The maximum atomic E-state index is 16.2. The highest BCUT2D eigenvalue weighted by Gasteiger charge is 2.63. The molecule has 0 unspecified atom stereocenters. The van der Waals surface area contributed by atoms with Crippen molar-refractivity contribution in [1.29, 1.82) is 0 Å². The number of aromatic nitrogens is 4. The molecule has 30 nitrogen and oxygen atoms in total. The average molecular weight is 1680 g/mol. The van der Waals surface area contributed by atoms with Gasteiger partial charge in [0.25, 0.3) is 5.91 Å². The van der Waals surface area contributed by atoms with Crippen LogP contribution in [0.5, 0.6) is 11.8 Å². The highest BCUT2D eigenvalue weighted by molar-refractivity contribution is 7.91. The fraction of sp³-hybridized carbons (Fsp3) is 0.595. The van der Waals surface area contributed by atoms with E-state index in [1.807, 2.05) is 4.72 Å². The standard InChI is InChI=1S/C40H49F2N5O9S.C30H36F2N4O7.C9H14N2O3S.ClH/c1-6-23-19-39(23,35(50)46-57(52,53)24-15-16-24)21-28(48)27-20-38(5)22-47(27)34(49)32(37(2,3)4)45-36(51)55-30-14-9-13-29(30)54-18-10-17-40(41,42)31-33(56-38)44-26-12-8-7-11-25(26)43-31;1-28(2,3)23-25(37)36-16-29(4,15-19(36)26(38)39)43-24-22(33-17-9-5-6-10-18(17)34-24)30(31,32)13-8-14-41-20-11-7-12-21(20)42-27(40)35-23;1-2-6-5-9(6,10)8(12)11-15(13,14)7-3-4-7;/h6-8,10-12,17,23-24,27,29-30,32H,1,9,13-16,18-22H2,2-5H3,(H,45,51)(H,46,50);5-6,8-10,13,19-21,23H,7,11-12,14-16H2,1-4H3,(H,35,40)(H,38,39);2,6-7H,1,3-5,10H2,(H,11,12);1H/b17-10+;13-8+;;/t23-,27+,29-,30-,32-,38-,39-;19-,20+,21+,23+,29+;6-,9-;/m101./s1. The summed E-state index contributed by atoms with van der Waals surface area (Å²) in [4.78, 5) is 127. The molecule has 7 N–H and O–H groups in total. The number of halogens is 5. The lowest BCUT2D eigenvalue weighted by Gasteiger charge is -2.36. The smallest absolute Gasteiger partial charge is 0.408 e. The van der Waals surface area contributed by atoms with Gasteiger partial charge in [-0.25, -0.2) is 51.2 Å². The summed E-state index contributed by atoms with van der Waals surface area (Å²) >= 11 is 0. The first-order valence-corrected chi connectivity index (χ1v) is 41.6. The number of ether oxygens (including phenoxy) is 6. The summed E-state index contributed by atoms with van der Waals surface area (Å²) in [6, 6.07) is 7.88. The molecule has 8 fully saturated rings. The summed E-state index contributed by atoms with van der Waals surface area (Å²) in [5.41, 5.74) is -2.02. The predicted molar refractivity (Wildman–Crippen MR) is 415 cm³/mol. The van der Waals surface area contributed by atoms with Gasteiger partial charge in [0.05, 0.1) is 82.5 Å². The third-order valence-corrected chi connectivity index (χ3v) is 26.3. The number of sulfonamides is 2. The zero-order valence-electron chi connectivity index (χ0n) is 65.7. The Morgan fingerprint density at radius 1 is 0.586 bits per heavy atom. The van der Waals surface area contributed by atoms with E-state index in [-0.39, 0.29) is 80.4 Å². The molecule has 6 heterocycles. The third kappa shape index (κ3) is 19.4. The largest absolute Gasteiger partial charge is 0.480 e. The van der Waals surface area contributed by atoms with Gasteiger partial charge in [0.1, 0.15) is 47.1 Å². The monoisotopic (exact) mass is 1680 g/mol. The summed E-state index contributed by atoms with van der Waals surface area (Å²) < 4.78 is 152. The zero-order chi connectivity index (χ0) is 83.6.